The summed E-state index contributed by atoms with van der Waals surface area (Å²) in [6.45, 7) is 2.44. The average molecular weight is 441 g/mol. The number of aromatic nitrogens is 4. The number of carbonyl (C=O) groups is 1. The van der Waals surface area contributed by atoms with Crippen molar-refractivity contribution in [2.75, 3.05) is 17.7 Å². The van der Waals surface area contributed by atoms with Gasteiger partial charge in [0.25, 0.3) is 0 Å². The van der Waals surface area contributed by atoms with E-state index in [2.05, 4.69) is 30.4 Å². The fraction of sp³-hybridized carbons (Fsp3) is 0.333. The molecule has 160 valence electrons. The molecule has 3 heterocycles. The lowest BCUT2D eigenvalue weighted by molar-refractivity contribution is -0.0527. The minimum Gasteiger partial charge on any atom is -0.415 e. The van der Waals surface area contributed by atoms with Crippen LogP contribution in [0.1, 0.15) is 25.1 Å². The fourth-order valence-electron chi connectivity index (χ4n) is 2.79. The van der Waals surface area contributed by atoms with Crippen molar-refractivity contribution in [2.24, 2.45) is 0 Å². The standard InChI is InChI=1S/C18H19ClF2N6O3/c1-9-8-27-14(24-9)13(18(2,3)29-4)12(7-23-27)26-17(28)25-10-5-11(19)15(22-6-10)30-16(20)21/h5-8,16H,1-4H3,(H2,25,26,28). The van der Waals surface area contributed by atoms with Crippen LogP contribution in [0.3, 0.4) is 0 Å². The molecule has 2 amide bonds. The zero-order chi connectivity index (χ0) is 22.1. The smallest absolute Gasteiger partial charge is 0.388 e. The highest BCUT2D eigenvalue weighted by Gasteiger charge is 2.29. The Morgan fingerprint density at radius 1 is 1.30 bits per heavy atom. The molecule has 12 heteroatoms. The molecule has 0 radical (unpaired) electrons. The molecule has 0 unspecified atom stereocenters. The predicted octanol–water partition coefficient (Wildman–Crippen LogP) is 4.21. The summed E-state index contributed by atoms with van der Waals surface area (Å²) in [5.74, 6) is -0.439. The number of imidazole rings is 1. The van der Waals surface area contributed by atoms with Gasteiger partial charge >= 0.3 is 12.6 Å². The van der Waals surface area contributed by atoms with E-state index in [1.165, 1.54) is 12.3 Å². The molecule has 9 nitrogen and oxygen atoms in total. The molecular weight excluding hydrogens is 422 g/mol. The highest BCUT2D eigenvalue weighted by Crippen LogP contribution is 2.33. The van der Waals surface area contributed by atoms with Crippen LogP contribution >= 0.6 is 11.6 Å². The number of nitrogens with zero attached hydrogens (tertiary/aromatic N) is 4. The third-order valence-corrected chi connectivity index (χ3v) is 4.51. The first kappa shape index (κ1) is 21.7. The van der Waals surface area contributed by atoms with Gasteiger partial charge in [0.1, 0.15) is 5.02 Å². The van der Waals surface area contributed by atoms with Gasteiger partial charge in [0, 0.05) is 7.11 Å². The Morgan fingerprint density at radius 3 is 2.67 bits per heavy atom. The lowest BCUT2D eigenvalue weighted by Gasteiger charge is -2.26. The third-order valence-electron chi connectivity index (χ3n) is 4.24. The van der Waals surface area contributed by atoms with E-state index in [1.807, 2.05) is 20.8 Å². The summed E-state index contributed by atoms with van der Waals surface area (Å²) < 4.78 is 36.0. The van der Waals surface area contributed by atoms with E-state index in [0.29, 0.717) is 16.9 Å². The minimum atomic E-state index is -3.06. The van der Waals surface area contributed by atoms with Crippen molar-refractivity contribution in [2.45, 2.75) is 33.0 Å². The molecule has 0 aliphatic rings. The fourth-order valence-corrected chi connectivity index (χ4v) is 3.00. The van der Waals surface area contributed by atoms with E-state index in [0.717, 1.165) is 11.9 Å². The second-order valence-corrected chi connectivity index (χ2v) is 7.17. The molecular formula is C18H19ClF2N6O3. The first-order chi connectivity index (χ1) is 14.1. The third kappa shape index (κ3) is 4.57. The molecule has 0 fully saturated rings. The maximum atomic E-state index is 12.5. The Balaban J connectivity index is 1.86. The van der Waals surface area contributed by atoms with Crippen molar-refractivity contribution >= 4 is 34.7 Å². The molecule has 0 atom stereocenters. The lowest BCUT2D eigenvalue weighted by Crippen LogP contribution is -2.27. The van der Waals surface area contributed by atoms with Crippen molar-refractivity contribution in [1.29, 1.82) is 0 Å². The van der Waals surface area contributed by atoms with Gasteiger partial charge in [-0.25, -0.2) is 19.3 Å². The van der Waals surface area contributed by atoms with Crippen LogP contribution in [0, 0.1) is 6.92 Å². The number of pyridine rings is 1. The number of anilines is 2. The van der Waals surface area contributed by atoms with Gasteiger partial charge in [-0.05, 0) is 26.8 Å². The van der Waals surface area contributed by atoms with Crippen LogP contribution < -0.4 is 15.4 Å². The number of methoxy groups -OCH3 is 1. The molecule has 0 bridgehead atoms. The number of ether oxygens (including phenoxy) is 2. The monoisotopic (exact) mass is 440 g/mol. The number of fused-ring (bicyclic) bond motifs is 1. The number of hydrogen-bond donors (Lipinski definition) is 2. The molecule has 3 aromatic rings. The molecule has 0 saturated heterocycles. The van der Waals surface area contributed by atoms with Crippen LogP contribution in [-0.2, 0) is 10.3 Å². The van der Waals surface area contributed by atoms with E-state index in [1.54, 1.807) is 17.8 Å². The van der Waals surface area contributed by atoms with E-state index in [9.17, 15) is 13.6 Å². The molecule has 0 spiro atoms. The summed E-state index contributed by atoms with van der Waals surface area (Å²) >= 11 is 5.86. The maximum Gasteiger partial charge on any atom is 0.388 e. The molecule has 30 heavy (non-hydrogen) atoms. The van der Waals surface area contributed by atoms with E-state index < -0.39 is 24.1 Å². The number of alkyl halides is 2. The summed E-state index contributed by atoms with van der Waals surface area (Å²) in [6, 6.07) is 0.614. The topological polar surface area (TPSA) is 103 Å². The number of nitrogens with one attached hydrogen (secondary N) is 2. The highest BCUT2D eigenvalue weighted by molar-refractivity contribution is 6.32. The van der Waals surface area contributed by atoms with E-state index in [4.69, 9.17) is 16.3 Å². The molecule has 0 aromatic carbocycles. The number of halogens is 3. The largest absolute Gasteiger partial charge is 0.415 e. The normalized spacial score (nSPS) is 11.7. The van der Waals surface area contributed by atoms with Crippen molar-refractivity contribution < 1.29 is 23.0 Å². The van der Waals surface area contributed by atoms with Gasteiger partial charge in [-0.2, -0.15) is 13.9 Å². The quantitative estimate of drug-likeness (QED) is 0.595. The number of hydrogen-bond acceptors (Lipinski definition) is 6. The average Bonchev–Trinajstić information content (AvgIpc) is 3.03. The number of amides is 2. The number of aryl methyl sites for hydroxylation is 1. The Bertz CT molecular complexity index is 1090. The summed E-state index contributed by atoms with van der Waals surface area (Å²) in [7, 11) is 1.55. The van der Waals surface area contributed by atoms with Crippen LogP contribution in [0.25, 0.3) is 5.65 Å². The van der Waals surface area contributed by atoms with Crippen molar-refractivity contribution in [3.05, 3.63) is 40.9 Å². The summed E-state index contributed by atoms with van der Waals surface area (Å²) in [6.07, 6.45) is 4.38. The summed E-state index contributed by atoms with van der Waals surface area (Å²) in [5.41, 5.74) is 1.69. The Kier molecular flexibility index (Phi) is 6.04. The maximum absolute atomic E-state index is 12.5. The molecule has 3 aromatic heterocycles. The lowest BCUT2D eigenvalue weighted by atomic mass is 9.98. The van der Waals surface area contributed by atoms with Gasteiger partial charge in [-0.15, -0.1) is 0 Å². The first-order valence-electron chi connectivity index (χ1n) is 8.69. The van der Waals surface area contributed by atoms with Crippen molar-refractivity contribution in [1.82, 2.24) is 19.6 Å². The Labute approximate surface area is 175 Å². The van der Waals surface area contributed by atoms with Crippen molar-refractivity contribution in [3.63, 3.8) is 0 Å². The van der Waals surface area contributed by atoms with Crippen LogP contribution in [-0.4, -0.2) is 39.3 Å². The number of carbonyl (C=O) groups excluding carboxylic acids is 1. The van der Waals surface area contributed by atoms with Gasteiger partial charge in [0.15, 0.2) is 5.65 Å². The van der Waals surface area contributed by atoms with E-state index in [-0.39, 0.29) is 10.7 Å². The van der Waals surface area contributed by atoms with E-state index >= 15 is 0 Å². The van der Waals surface area contributed by atoms with Gasteiger partial charge < -0.3 is 20.1 Å². The van der Waals surface area contributed by atoms with Crippen LogP contribution in [0.5, 0.6) is 5.88 Å². The molecule has 0 aliphatic carbocycles. The minimum absolute atomic E-state index is 0.176. The van der Waals surface area contributed by atoms with Crippen molar-refractivity contribution in [3.8, 4) is 5.88 Å². The van der Waals surface area contributed by atoms with Crippen LogP contribution in [0.2, 0.25) is 5.02 Å². The molecule has 0 aliphatic heterocycles. The summed E-state index contributed by atoms with van der Waals surface area (Å²) in [4.78, 5) is 20.7. The molecule has 0 saturated carbocycles. The molecule has 2 N–H and O–H groups in total. The Hall–Kier alpha value is -3.05. The number of rotatable bonds is 6. The Morgan fingerprint density at radius 2 is 2.03 bits per heavy atom. The zero-order valence-corrected chi connectivity index (χ0v) is 17.3. The second-order valence-electron chi connectivity index (χ2n) is 6.77. The van der Waals surface area contributed by atoms with Gasteiger partial charge in [0.2, 0.25) is 5.88 Å². The van der Waals surface area contributed by atoms with Gasteiger partial charge in [0.05, 0.1) is 46.8 Å². The second kappa shape index (κ2) is 8.36. The van der Waals surface area contributed by atoms with Gasteiger partial charge in [-0.3, -0.25) is 0 Å². The first-order valence-corrected chi connectivity index (χ1v) is 9.07. The zero-order valence-electron chi connectivity index (χ0n) is 16.5. The van der Waals surface area contributed by atoms with Gasteiger partial charge in [-0.1, -0.05) is 11.6 Å². The highest BCUT2D eigenvalue weighted by atomic mass is 35.5. The molecule has 3 rings (SSSR count). The summed E-state index contributed by atoms with van der Waals surface area (Å²) in [5, 5.41) is 9.31. The van der Waals surface area contributed by atoms with Crippen LogP contribution in [0.15, 0.2) is 24.7 Å². The number of urea groups is 1. The van der Waals surface area contributed by atoms with Crippen LogP contribution in [0.4, 0.5) is 25.0 Å². The predicted molar refractivity (Wildman–Crippen MR) is 106 cm³/mol. The SMILES string of the molecule is COC(C)(C)c1c(NC(=O)Nc2cnc(OC(F)F)c(Cl)c2)cnn2cc(C)nc12.